The van der Waals surface area contributed by atoms with Gasteiger partial charge in [-0.3, -0.25) is 9.36 Å². The molecule has 1 saturated heterocycles. The molecule has 1 aromatic heterocycles. The molecule has 1 aromatic carbocycles. The number of rotatable bonds is 2. The van der Waals surface area contributed by atoms with E-state index < -0.39 is 34.8 Å². The highest BCUT2D eigenvalue weighted by molar-refractivity contribution is 5.97. The summed E-state index contributed by atoms with van der Waals surface area (Å²) in [6.07, 6.45) is 0. The third-order valence-electron chi connectivity index (χ3n) is 5.26. The van der Waals surface area contributed by atoms with E-state index in [1.54, 1.807) is 11.8 Å². The molecule has 1 atom stereocenters. The topological polar surface area (TPSA) is 75.0 Å². The minimum Gasteiger partial charge on any atom is -0.487 e. The van der Waals surface area contributed by atoms with Gasteiger partial charge in [-0.05, 0) is 20.0 Å². The highest BCUT2D eigenvalue weighted by atomic mass is 19.2. The molecule has 0 unspecified atom stereocenters. The molecule has 2 aromatic rings. The van der Waals surface area contributed by atoms with Crippen molar-refractivity contribution in [3.63, 3.8) is 0 Å². The van der Waals surface area contributed by atoms with Crippen molar-refractivity contribution in [1.29, 1.82) is 0 Å². The molecule has 0 amide bonds. The quantitative estimate of drug-likeness (QED) is 0.856. The summed E-state index contributed by atoms with van der Waals surface area (Å²) < 4.78 is 36.9. The Morgan fingerprint density at radius 1 is 1.22 bits per heavy atom. The molecule has 1 fully saturated rings. The molecule has 0 bridgehead atoms. The van der Waals surface area contributed by atoms with Crippen molar-refractivity contribution in [1.82, 2.24) is 9.47 Å². The Morgan fingerprint density at radius 3 is 2.52 bits per heavy atom. The Hall–Kier alpha value is -2.68. The number of hydrogen-bond donors (Lipinski definition) is 1. The van der Waals surface area contributed by atoms with Gasteiger partial charge in [-0.2, -0.15) is 0 Å². The van der Waals surface area contributed by atoms with Gasteiger partial charge in [0.2, 0.25) is 0 Å². The molecule has 2 aliphatic heterocycles. The SMILES string of the molecule is C[C@H]1COc2c(N3CCN(C)CC3)c(F)c(F)c3cc(C(=O)O)c(=O)n1c23. The van der Waals surface area contributed by atoms with E-state index in [1.807, 2.05) is 7.05 Å². The van der Waals surface area contributed by atoms with Crippen molar-refractivity contribution in [2.75, 3.05) is 44.7 Å². The molecule has 27 heavy (non-hydrogen) atoms. The number of benzene rings is 1. The average molecular weight is 379 g/mol. The molecule has 4 rings (SSSR count). The number of aromatic carboxylic acids is 1. The van der Waals surface area contributed by atoms with Gasteiger partial charge in [-0.25, -0.2) is 13.6 Å². The number of ether oxygens (including phenoxy) is 1. The zero-order chi connectivity index (χ0) is 19.5. The molecule has 9 heteroatoms. The smallest absolute Gasteiger partial charge is 0.341 e. The fourth-order valence-corrected chi connectivity index (χ4v) is 3.77. The first-order chi connectivity index (χ1) is 12.8. The lowest BCUT2D eigenvalue weighted by Gasteiger charge is -2.37. The number of pyridine rings is 1. The van der Waals surface area contributed by atoms with Gasteiger partial charge in [0.25, 0.3) is 5.56 Å². The van der Waals surface area contributed by atoms with Gasteiger partial charge < -0.3 is 19.6 Å². The number of nitrogens with zero attached hydrogens (tertiary/aromatic N) is 3. The number of anilines is 1. The second-order valence-corrected chi connectivity index (χ2v) is 7.06. The van der Waals surface area contributed by atoms with E-state index in [0.29, 0.717) is 26.2 Å². The van der Waals surface area contributed by atoms with Gasteiger partial charge in [0.15, 0.2) is 17.4 Å². The van der Waals surface area contributed by atoms with Gasteiger partial charge >= 0.3 is 5.97 Å². The van der Waals surface area contributed by atoms with Gasteiger partial charge in [-0.15, -0.1) is 0 Å². The summed E-state index contributed by atoms with van der Waals surface area (Å²) in [6.45, 7) is 4.08. The van der Waals surface area contributed by atoms with Crippen LogP contribution in [0, 0.1) is 11.6 Å². The molecular weight excluding hydrogens is 360 g/mol. The first-order valence-corrected chi connectivity index (χ1v) is 8.71. The van der Waals surface area contributed by atoms with Crippen LogP contribution < -0.4 is 15.2 Å². The van der Waals surface area contributed by atoms with Crippen molar-refractivity contribution in [3.05, 3.63) is 33.6 Å². The molecule has 0 saturated carbocycles. The maximum atomic E-state index is 15.0. The van der Waals surface area contributed by atoms with E-state index >= 15 is 4.39 Å². The molecule has 0 aliphatic carbocycles. The fourth-order valence-electron chi connectivity index (χ4n) is 3.77. The molecule has 0 spiro atoms. The van der Waals surface area contributed by atoms with E-state index in [4.69, 9.17) is 4.74 Å². The van der Waals surface area contributed by atoms with E-state index in [9.17, 15) is 19.1 Å². The summed E-state index contributed by atoms with van der Waals surface area (Å²) in [5.74, 6) is -3.63. The summed E-state index contributed by atoms with van der Waals surface area (Å²) in [4.78, 5) is 27.9. The number of aromatic nitrogens is 1. The normalized spacial score (nSPS) is 20.0. The first-order valence-electron chi connectivity index (χ1n) is 8.71. The standard InChI is InChI=1S/C18H19F2N3O4/c1-9-8-27-16-14-10(7-11(18(25)26)17(24)23(9)14)12(19)13(20)15(16)22-5-3-21(2)4-6-22/h7,9H,3-6,8H2,1-2H3,(H,25,26)/t9-/m0/s1. The van der Waals surface area contributed by atoms with E-state index in [2.05, 4.69) is 4.90 Å². The number of carboxylic acid groups (broad SMARTS) is 1. The number of carboxylic acids is 1. The first kappa shape index (κ1) is 17.7. The number of halogens is 2. The molecule has 1 N–H and O–H groups in total. The fraction of sp³-hybridized carbons (Fsp3) is 0.444. The summed E-state index contributed by atoms with van der Waals surface area (Å²) in [5, 5.41) is 9.03. The Morgan fingerprint density at radius 2 is 1.89 bits per heavy atom. The third-order valence-corrected chi connectivity index (χ3v) is 5.26. The van der Waals surface area contributed by atoms with E-state index in [0.717, 1.165) is 6.07 Å². The predicted molar refractivity (Wildman–Crippen MR) is 95.0 cm³/mol. The van der Waals surface area contributed by atoms with Gasteiger partial charge in [-0.1, -0.05) is 0 Å². The largest absolute Gasteiger partial charge is 0.487 e. The number of hydrogen-bond acceptors (Lipinski definition) is 5. The monoisotopic (exact) mass is 379 g/mol. The summed E-state index contributed by atoms with van der Waals surface area (Å²) in [5.41, 5.74) is -1.23. The lowest BCUT2D eigenvalue weighted by Crippen LogP contribution is -2.45. The predicted octanol–water partition coefficient (Wildman–Crippen LogP) is 1.68. The minimum atomic E-state index is -1.48. The zero-order valence-electron chi connectivity index (χ0n) is 15.0. The lowest BCUT2D eigenvalue weighted by molar-refractivity contribution is 0.0694. The average Bonchev–Trinajstić information content (AvgIpc) is 2.63. The number of likely N-dealkylation sites (N-methyl/N-ethyl adjacent to an activating group) is 1. The molecule has 144 valence electrons. The molecule has 7 nitrogen and oxygen atoms in total. The van der Waals surface area contributed by atoms with Crippen LogP contribution in [-0.2, 0) is 0 Å². The van der Waals surface area contributed by atoms with Crippen LogP contribution in [0.15, 0.2) is 10.9 Å². The highest BCUT2D eigenvalue weighted by Gasteiger charge is 2.33. The summed E-state index contributed by atoms with van der Waals surface area (Å²) in [7, 11) is 1.95. The maximum Gasteiger partial charge on any atom is 0.341 e. The van der Waals surface area contributed by atoms with Crippen LogP contribution >= 0.6 is 0 Å². The molecular formula is C18H19F2N3O4. The van der Waals surface area contributed by atoms with Crippen LogP contribution in [-0.4, -0.2) is 60.4 Å². The molecule has 3 heterocycles. The second kappa shape index (κ2) is 6.19. The Balaban J connectivity index is 2.06. The van der Waals surface area contributed by atoms with Crippen molar-refractivity contribution in [2.45, 2.75) is 13.0 Å². The van der Waals surface area contributed by atoms with Crippen molar-refractivity contribution in [3.8, 4) is 5.75 Å². The Bertz CT molecular complexity index is 1010. The van der Waals surface area contributed by atoms with Crippen LogP contribution in [0.4, 0.5) is 14.5 Å². The Labute approximate surface area is 153 Å². The third kappa shape index (κ3) is 2.56. The number of carbonyl (C=O) groups is 1. The van der Waals surface area contributed by atoms with Crippen LogP contribution in [0.25, 0.3) is 10.9 Å². The maximum absolute atomic E-state index is 15.0. The van der Waals surface area contributed by atoms with Gasteiger partial charge in [0.1, 0.15) is 17.9 Å². The molecule has 2 aliphatic rings. The molecule has 0 radical (unpaired) electrons. The van der Waals surface area contributed by atoms with Crippen LogP contribution in [0.5, 0.6) is 5.75 Å². The summed E-state index contributed by atoms with van der Waals surface area (Å²) in [6, 6.07) is 0.394. The van der Waals surface area contributed by atoms with E-state index in [-0.39, 0.29) is 28.9 Å². The zero-order valence-corrected chi connectivity index (χ0v) is 15.0. The van der Waals surface area contributed by atoms with E-state index in [1.165, 1.54) is 4.57 Å². The minimum absolute atomic E-state index is 0.00350. The lowest BCUT2D eigenvalue weighted by atomic mass is 10.0. The van der Waals surface area contributed by atoms with Crippen molar-refractivity contribution < 1.29 is 23.4 Å². The van der Waals surface area contributed by atoms with Crippen LogP contribution in [0.3, 0.4) is 0 Å². The van der Waals surface area contributed by atoms with Crippen molar-refractivity contribution >= 4 is 22.6 Å². The summed E-state index contributed by atoms with van der Waals surface area (Å²) >= 11 is 0. The van der Waals surface area contributed by atoms with Gasteiger partial charge in [0.05, 0.1) is 11.6 Å². The van der Waals surface area contributed by atoms with Crippen LogP contribution in [0.1, 0.15) is 23.3 Å². The Kier molecular flexibility index (Phi) is 4.06. The second-order valence-electron chi connectivity index (χ2n) is 7.06. The van der Waals surface area contributed by atoms with Gasteiger partial charge in [0, 0.05) is 31.6 Å². The van der Waals surface area contributed by atoms with Crippen molar-refractivity contribution in [2.24, 2.45) is 0 Å². The van der Waals surface area contributed by atoms with Crippen LogP contribution in [0.2, 0.25) is 0 Å². The number of piperazine rings is 1. The highest BCUT2D eigenvalue weighted by Crippen LogP contribution is 2.43.